The first-order valence-corrected chi connectivity index (χ1v) is 15.1. The molecule has 1 aliphatic carbocycles. The summed E-state index contributed by atoms with van der Waals surface area (Å²) in [5.41, 5.74) is 1.33. The molecule has 1 N–H and O–H groups in total. The highest BCUT2D eigenvalue weighted by Gasteiger charge is 2.55. The van der Waals surface area contributed by atoms with Gasteiger partial charge < -0.3 is 14.6 Å². The minimum atomic E-state index is -0.274. The Kier molecular flexibility index (Phi) is 7.75. The molecule has 0 aromatic carbocycles. The standard InChI is InChI=1S/C26H32FN5O3S.C2H6/c27-16-1-2-17(28-8-16)9-31-10-21-22(11-31)23(21)14-36-32-19-3-4-20(32)6-18(5-19)29-26(33)24-7-25(35-30-24)15-12-34-13-15;1-2/h1-2,7-8,15,18-23H,3-6,9-14H2,(H,29,33);1-2H3. The number of piperidine rings is 2. The smallest absolute Gasteiger partial charge is 0.273 e. The van der Waals surface area contributed by atoms with Crippen LogP contribution in [-0.2, 0) is 11.3 Å². The zero-order valence-corrected chi connectivity index (χ0v) is 23.0. The molecule has 0 radical (unpaired) electrons. The van der Waals surface area contributed by atoms with E-state index in [1.165, 1.54) is 30.9 Å². The van der Waals surface area contributed by atoms with Gasteiger partial charge in [-0.05, 0) is 55.6 Å². The molecule has 2 bridgehead atoms. The number of rotatable bonds is 8. The third-order valence-electron chi connectivity index (χ3n) is 8.84. The van der Waals surface area contributed by atoms with Gasteiger partial charge >= 0.3 is 0 Å². The van der Waals surface area contributed by atoms with Crippen molar-refractivity contribution in [2.24, 2.45) is 17.8 Å². The monoisotopic (exact) mass is 543 g/mol. The van der Waals surface area contributed by atoms with Crippen molar-refractivity contribution < 1.29 is 18.4 Å². The molecule has 7 rings (SSSR count). The third kappa shape index (κ3) is 5.37. The van der Waals surface area contributed by atoms with Crippen molar-refractivity contribution >= 4 is 17.9 Å². The Hall–Kier alpha value is -2.01. The van der Waals surface area contributed by atoms with Gasteiger partial charge in [-0.2, -0.15) is 0 Å². The van der Waals surface area contributed by atoms with E-state index in [1.807, 2.05) is 13.8 Å². The van der Waals surface area contributed by atoms with Crippen molar-refractivity contribution in [3.63, 3.8) is 0 Å². The lowest BCUT2D eigenvalue weighted by Crippen LogP contribution is -2.48. The second-order valence-electron chi connectivity index (χ2n) is 11.2. The first kappa shape index (κ1) is 26.2. The molecule has 6 heterocycles. The highest BCUT2D eigenvalue weighted by molar-refractivity contribution is 7.97. The highest BCUT2D eigenvalue weighted by atomic mass is 32.2. The molecule has 5 fully saturated rings. The van der Waals surface area contributed by atoms with Gasteiger partial charge in [-0.3, -0.25) is 14.7 Å². The number of fused-ring (bicyclic) bond motifs is 3. The number of hydrogen-bond donors (Lipinski definition) is 1. The molecule has 2 aromatic rings. The first-order chi connectivity index (χ1) is 18.6. The first-order valence-electron chi connectivity index (χ1n) is 14.2. The Morgan fingerprint density at radius 1 is 1.16 bits per heavy atom. The van der Waals surface area contributed by atoms with Crippen LogP contribution in [0.15, 0.2) is 28.9 Å². The van der Waals surface area contributed by atoms with Crippen LogP contribution in [-0.4, -0.2) is 75.4 Å². The molecule has 4 aliphatic heterocycles. The van der Waals surface area contributed by atoms with Crippen LogP contribution >= 0.6 is 11.9 Å². The Labute approximate surface area is 228 Å². The van der Waals surface area contributed by atoms with Gasteiger partial charge in [0.2, 0.25) is 0 Å². The summed E-state index contributed by atoms with van der Waals surface area (Å²) in [7, 11) is 0. The summed E-state index contributed by atoms with van der Waals surface area (Å²) in [6.45, 7) is 8.37. The number of halogens is 1. The molecular formula is C28H38FN5O3S. The summed E-state index contributed by atoms with van der Waals surface area (Å²) in [5, 5.41) is 7.21. The van der Waals surface area contributed by atoms with E-state index in [-0.39, 0.29) is 23.7 Å². The molecule has 1 saturated carbocycles. The van der Waals surface area contributed by atoms with E-state index in [2.05, 4.69) is 36.6 Å². The van der Waals surface area contributed by atoms with Gasteiger partial charge in [0.05, 0.1) is 31.0 Å². The molecule has 4 atom stereocenters. The fourth-order valence-electron chi connectivity index (χ4n) is 6.72. The predicted octanol–water partition coefficient (Wildman–Crippen LogP) is 4.10. The summed E-state index contributed by atoms with van der Waals surface area (Å²) < 4.78 is 26.3. The number of carbonyl (C=O) groups is 1. The minimum Gasteiger partial charge on any atom is -0.380 e. The van der Waals surface area contributed by atoms with Crippen LogP contribution in [0.2, 0.25) is 0 Å². The number of likely N-dealkylation sites (tertiary alicyclic amines) is 1. The van der Waals surface area contributed by atoms with Gasteiger partial charge in [-0.25, -0.2) is 8.70 Å². The molecular weight excluding hydrogens is 505 g/mol. The Bertz CT molecular complexity index is 1090. The van der Waals surface area contributed by atoms with Gasteiger partial charge in [-0.1, -0.05) is 31.0 Å². The van der Waals surface area contributed by atoms with E-state index >= 15 is 0 Å². The zero-order chi connectivity index (χ0) is 26.2. The molecule has 38 heavy (non-hydrogen) atoms. The normalized spacial score (nSPS) is 32.3. The summed E-state index contributed by atoms with van der Waals surface area (Å²) in [5.74, 6) is 4.19. The third-order valence-corrected chi connectivity index (χ3v) is 10.3. The van der Waals surface area contributed by atoms with Crippen molar-refractivity contribution in [2.45, 2.75) is 70.1 Å². The fourth-order valence-corrected chi connectivity index (χ4v) is 8.37. The molecule has 10 heteroatoms. The van der Waals surface area contributed by atoms with Gasteiger partial charge in [-0.15, -0.1) is 0 Å². The molecule has 206 valence electrons. The van der Waals surface area contributed by atoms with Crippen molar-refractivity contribution in [3.05, 3.63) is 47.4 Å². The van der Waals surface area contributed by atoms with E-state index in [9.17, 15) is 9.18 Å². The highest BCUT2D eigenvalue weighted by Crippen LogP contribution is 2.54. The number of nitrogens with zero attached hydrogens (tertiary/aromatic N) is 4. The Morgan fingerprint density at radius 3 is 2.53 bits per heavy atom. The fraction of sp³-hybridized carbons (Fsp3) is 0.679. The maximum absolute atomic E-state index is 13.1. The molecule has 4 saturated heterocycles. The van der Waals surface area contributed by atoms with Crippen LogP contribution < -0.4 is 5.32 Å². The van der Waals surface area contributed by atoms with Crippen LogP contribution in [0.4, 0.5) is 4.39 Å². The van der Waals surface area contributed by atoms with E-state index in [4.69, 9.17) is 9.26 Å². The SMILES string of the molecule is CC.O=C(NC1CC2CCC(C1)N2SCC1C2CN(Cc3ccc(F)cn3)CC12)c1cc(C2COC2)on1. The Morgan fingerprint density at radius 2 is 1.89 bits per heavy atom. The van der Waals surface area contributed by atoms with E-state index in [0.717, 1.165) is 61.7 Å². The maximum atomic E-state index is 13.1. The van der Waals surface area contributed by atoms with Crippen molar-refractivity contribution in [2.75, 3.05) is 32.1 Å². The van der Waals surface area contributed by atoms with Crippen LogP contribution in [0.5, 0.6) is 0 Å². The maximum Gasteiger partial charge on any atom is 0.273 e. The number of pyridine rings is 1. The molecule has 0 spiro atoms. The van der Waals surface area contributed by atoms with Gasteiger partial charge in [0.15, 0.2) is 5.69 Å². The quantitative estimate of drug-likeness (QED) is 0.499. The van der Waals surface area contributed by atoms with Gasteiger partial charge in [0.1, 0.15) is 11.6 Å². The zero-order valence-electron chi connectivity index (χ0n) is 22.2. The number of ether oxygens (including phenoxy) is 1. The average molecular weight is 544 g/mol. The largest absolute Gasteiger partial charge is 0.380 e. The molecule has 5 aliphatic rings. The van der Waals surface area contributed by atoms with E-state index in [1.54, 1.807) is 12.1 Å². The molecule has 2 aromatic heterocycles. The summed E-state index contributed by atoms with van der Waals surface area (Å²) >= 11 is 2.05. The van der Waals surface area contributed by atoms with Crippen LogP contribution in [0, 0.1) is 23.6 Å². The van der Waals surface area contributed by atoms with Crippen molar-refractivity contribution in [1.82, 2.24) is 24.7 Å². The number of nitrogens with one attached hydrogen (secondary N) is 1. The van der Waals surface area contributed by atoms with Crippen molar-refractivity contribution in [3.8, 4) is 0 Å². The number of aromatic nitrogens is 2. The summed E-state index contributed by atoms with van der Waals surface area (Å²) in [4.78, 5) is 19.4. The lowest BCUT2D eigenvalue weighted by Gasteiger charge is -2.38. The summed E-state index contributed by atoms with van der Waals surface area (Å²) in [6, 6.07) is 6.34. The molecule has 1 amide bonds. The average Bonchev–Trinajstić information content (AvgIpc) is 3.24. The predicted molar refractivity (Wildman–Crippen MR) is 143 cm³/mol. The van der Waals surface area contributed by atoms with Crippen molar-refractivity contribution in [1.29, 1.82) is 0 Å². The lowest BCUT2D eigenvalue weighted by atomic mass is 9.99. The molecule has 8 nitrogen and oxygen atoms in total. The van der Waals surface area contributed by atoms with Crippen LogP contribution in [0.25, 0.3) is 0 Å². The second kappa shape index (κ2) is 11.2. The van der Waals surface area contributed by atoms with E-state index < -0.39 is 0 Å². The molecule has 4 unspecified atom stereocenters. The van der Waals surface area contributed by atoms with Gasteiger partial charge in [0.25, 0.3) is 5.91 Å². The Balaban J connectivity index is 0.00000129. The lowest BCUT2D eigenvalue weighted by molar-refractivity contribution is -0.00228. The van der Waals surface area contributed by atoms with Gasteiger partial charge in [0, 0.05) is 49.6 Å². The number of amides is 1. The van der Waals surface area contributed by atoms with Crippen LogP contribution in [0.3, 0.4) is 0 Å². The topological polar surface area (TPSA) is 83.7 Å². The number of carbonyl (C=O) groups excluding carboxylic acids is 1. The summed E-state index contributed by atoms with van der Waals surface area (Å²) in [6.07, 6.45) is 5.76. The second-order valence-corrected chi connectivity index (χ2v) is 12.2. The minimum absolute atomic E-state index is 0.123. The number of hydrogen-bond acceptors (Lipinski definition) is 8. The van der Waals surface area contributed by atoms with E-state index in [0.29, 0.717) is 31.0 Å². The van der Waals surface area contributed by atoms with Crippen LogP contribution in [0.1, 0.15) is 67.4 Å².